The van der Waals surface area contributed by atoms with Crippen molar-refractivity contribution in [3.63, 3.8) is 0 Å². The van der Waals surface area contributed by atoms with E-state index in [2.05, 4.69) is 48.5 Å². The van der Waals surface area contributed by atoms with Crippen molar-refractivity contribution in [3.05, 3.63) is 51.1 Å². The smallest absolute Gasteiger partial charge is 0.420 e. The third kappa shape index (κ3) is 4.20. The fourth-order valence-corrected chi connectivity index (χ4v) is 3.64. The fraction of sp³-hybridized carbons (Fsp3) is 0.211. The zero-order valence-corrected chi connectivity index (χ0v) is 17.7. The summed E-state index contributed by atoms with van der Waals surface area (Å²) < 4.78 is 51.8. The van der Waals surface area contributed by atoms with Gasteiger partial charge in [-0.15, -0.1) is 5.10 Å². The van der Waals surface area contributed by atoms with Crippen LogP contribution in [0.15, 0.2) is 40.8 Å². The number of aromatic nitrogens is 4. The van der Waals surface area contributed by atoms with E-state index in [9.17, 15) is 13.2 Å². The summed E-state index contributed by atoms with van der Waals surface area (Å²) in [6, 6.07) is 9.54. The highest BCUT2D eigenvalue weighted by Gasteiger charge is 2.34. The fourth-order valence-electron chi connectivity index (χ4n) is 2.96. The number of furan rings is 1. The second-order valence-corrected chi connectivity index (χ2v) is 7.50. The summed E-state index contributed by atoms with van der Waals surface area (Å²) >= 11 is 2.18. The Morgan fingerprint density at radius 3 is 2.73 bits per heavy atom. The molecule has 0 unspecified atom stereocenters. The monoisotopic (exact) mass is 529 g/mol. The lowest BCUT2D eigenvalue weighted by Gasteiger charge is -2.15. The van der Waals surface area contributed by atoms with Gasteiger partial charge in [0, 0.05) is 21.2 Å². The van der Waals surface area contributed by atoms with E-state index in [0.29, 0.717) is 29.4 Å². The van der Waals surface area contributed by atoms with Gasteiger partial charge in [0.25, 0.3) is 0 Å². The molecule has 11 heteroatoms. The Bertz CT molecular complexity index is 1180. The first-order valence-corrected chi connectivity index (χ1v) is 9.97. The molecule has 30 heavy (non-hydrogen) atoms. The summed E-state index contributed by atoms with van der Waals surface area (Å²) in [5.74, 6) is 0.726. The average Bonchev–Trinajstić information content (AvgIpc) is 3.35. The SMILES string of the molecule is CCOc1ccc(NCc2cc3oc(-c4nnn[nH]4)cc3cc2I)cc1C(F)(F)F. The number of nitrogens with one attached hydrogen (secondary N) is 2. The van der Waals surface area contributed by atoms with E-state index < -0.39 is 11.7 Å². The molecule has 0 spiro atoms. The van der Waals surface area contributed by atoms with E-state index in [1.807, 2.05) is 18.2 Å². The maximum absolute atomic E-state index is 13.3. The molecule has 0 aliphatic carbocycles. The average molecular weight is 529 g/mol. The molecule has 7 nitrogen and oxygen atoms in total. The first-order valence-electron chi connectivity index (χ1n) is 8.89. The zero-order valence-electron chi connectivity index (χ0n) is 15.5. The van der Waals surface area contributed by atoms with E-state index in [1.54, 1.807) is 13.0 Å². The normalized spacial score (nSPS) is 11.8. The van der Waals surface area contributed by atoms with Crippen LogP contribution in [0.1, 0.15) is 18.1 Å². The quantitative estimate of drug-likeness (QED) is 0.332. The number of aromatic amines is 1. The molecule has 2 aromatic carbocycles. The minimum Gasteiger partial charge on any atom is -0.493 e. The number of tetrazole rings is 1. The van der Waals surface area contributed by atoms with Gasteiger partial charge in [-0.25, -0.2) is 5.10 Å². The second kappa shape index (κ2) is 8.13. The molecule has 2 heterocycles. The van der Waals surface area contributed by atoms with Gasteiger partial charge in [0.1, 0.15) is 11.3 Å². The standard InChI is InChI=1S/C19H15F3IN5O2/c1-2-29-15-4-3-12(8-13(15)19(20,21)22)24-9-11-7-16-10(5-14(11)23)6-17(30-16)18-25-27-28-26-18/h3-8,24H,2,9H2,1H3,(H,25,26,27,28). The highest BCUT2D eigenvalue weighted by molar-refractivity contribution is 14.1. The van der Waals surface area contributed by atoms with Crippen LogP contribution < -0.4 is 10.1 Å². The van der Waals surface area contributed by atoms with Crippen LogP contribution in [-0.4, -0.2) is 27.2 Å². The molecule has 0 bridgehead atoms. The number of hydrogen-bond donors (Lipinski definition) is 2. The van der Waals surface area contributed by atoms with E-state index in [1.165, 1.54) is 6.07 Å². The maximum Gasteiger partial charge on any atom is 0.420 e. The molecule has 0 radical (unpaired) electrons. The Balaban J connectivity index is 1.58. The van der Waals surface area contributed by atoms with Crippen molar-refractivity contribution < 1.29 is 22.3 Å². The Morgan fingerprint density at radius 2 is 2.03 bits per heavy atom. The molecule has 4 aromatic rings. The van der Waals surface area contributed by atoms with Crippen LogP contribution in [-0.2, 0) is 12.7 Å². The molecule has 2 N–H and O–H groups in total. The minimum atomic E-state index is -4.50. The lowest BCUT2D eigenvalue weighted by Crippen LogP contribution is -2.10. The number of nitrogens with zero attached hydrogens (tertiary/aromatic N) is 3. The Kier molecular flexibility index (Phi) is 5.54. The van der Waals surface area contributed by atoms with Crippen molar-refractivity contribution in [2.75, 3.05) is 11.9 Å². The van der Waals surface area contributed by atoms with E-state index in [4.69, 9.17) is 9.15 Å². The predicted octanol–water partition coefficient (Wildman–Crippen LogP) is 5.25. The molecule has 156 valence electrons. The molecular formula is C19H15F3IN5O2. The van der Waals surface area contributed by atoms with Gasteiger partial charge in [0.15, 0.2) is 5.76 Å². The van der Waals surface area contributed by atoms with Gasteiger partial charge < -0.3 is 14.5 Å². The highest BCUT2D eigenvalue weighted by Crippen LogP contribution is 2.38. The first-order chi connectivity index (χ1) is 14.3. The molecule has 2 aromatic heterocycles. The van der Waals surface area contributed by atoms with Crippen LogP contribution in [0.25, 0.3) is 22.6 Å². The number of fused-ring (bicyclic) bond motifs is 1. The van der Waals surface area contributed by atoms with Gasteiger partial charge in [-0.3, -0.25) is 0 Å². The molecule has 0 saturated carbocycles. The summed E-state index contributed by atoms with van der Waals surface area (Å²) in [5.41, 5.74) is 1.04. The van der Waals surface area contributed by atoms with Crippen molar-refractivity contribution in [1.82, 2.24) is 20.6 Å². The molecule has 0 amide bonds. The Hall–Kier alpha value is -2.83. The zero-order chi connectivity index (χ0) is 21.3. The number of benzene rings is 2. The van der Waals surface area contributed by atoms with Crippen LogP contribution >= 0.6 is 22.6 Å². The number of hydrogen-bond acceptors (Lipinski definition) is 6. The van der Waals surface area contributed by atoms with Gasteiger partial charge >= 0.3 is 6.18 Å². The molecular weight excluding hydrogens is 514 g/mol. The van der Waals surface area contributed by atoms with Crippen molar-refractivity contribution in [3.8, 4) is 17.3 Å². The highest BCUT2D eigenvalue weighted by atomic mass is 127. The third-order valence-electron chi connectivity index (χ3n) is 4.33. The van der Waals surface area contributed by atoms with Crippen LogP contribution in [0.3, 0.4) is 0 Å². The van der Waals surface area contributed by atoms with Gasteiger partial charge in [-0.05, 0) is 81.9 Å². The van der Waals surface area contributed by atoms with Crippen LogP contribution in [0, 0.1) is 3.57 Å². The van der Waals surface area contributed by atoms with Crippen LogP contribution in [0.2, 0.25) is 0 Å². The third-order valence-corrected chi connectivity index (χ3v) is 5.34. The van der Waals surface area contributed by atoms with Crippen molar-refractivity contribution >= 4 is 39.2 Å². The number of halogens is 4. The molecule has 0 aliphatic heterocycles. The second-order valence-electron chi connectivity index (χ2n) is 6.34. The molecule has 0 saturated heterocycles. The Morgan fingerprint density at radius 1 is 1.20 bits per heavy atom. The summed E-state index contributed by atoms with van der Waals surface area (Å²) in [6.45, 7) is 2.12. The van der Waals surface area contributed by atoms with E-state index in [-0.39, 0.29) is 12.4 Å². The summed E-state index contributed by atoms with van der Waals surface area (Å²) in [7, 11) is 0. The number of anilines is 1. The van der Waals surface area contributed by atoms with Gasteiger partial charge in [-0.2, -0.15) is 13.2 Å². The molecule has 4 rings (SSSR count). The predicted molar refractivity (Wildman–Crippen MR) is 112 cm³/mol. The van der Waals surface area contributed by atoms with Gasteiger partial charge in [0.2, 0.25) is 5.82 Å². The van der Waals surface area contributed by atoms with Gasteiger partial charge in [-0.1, -0.05) is 0 Å². The number of alkyl halides is 3. The topological polar surface area (TPSA) is 88.9 Å². The lowest BCUT2D eigenvalue weighted by atomic mass is 10.1. The molecule has 0 aliphatic rings. The van der Waals surface area contributed by atoms with Crippen LogP contribution in [0.4, 0.5) is 18.9 Å². The lowest BCUT2D eigenvalue weighted by molar-refractivity contribution is -0.138. The molecule has 0 atom stereocenters. The largest absolute Gasteiger partial charge is 0.493 e. The Labute approximate surface area is 182 Å². The minimum absolute atomic E-state index is 0.156. The van der Waals surface area contributed by atoms with Crippen LogP contribution in [0.5, 0.6) is 5.75 Å². The molecule has 0 fully saturated rings. The summed E-state index contributed by atoms with van der Waals surface area (Å²) in [4.78, 5) is 0. The number of ether oxygens (including phenoxy) is 1. The van der Waals surface area contributed by atoms with E-state index in [0.717, 1.165) is 20.6 Å². The first kappa shape index (κ1) is 20.4. The summed E-state index contributed by atoms with van der Waals surface area (Å²) in [6.07, 6.45) is -4.50. The number of rotatable bonds is 6. The van der Waals surface area contributed by atoms with E-state index >= 15 is 0 Å². The number of H-pyrrole nitrogens is 1. The summed E-state index contributed by atoms with van der Waals surface area (Å²) in [5, 5.41) is 17.4. The van der Waals surface area contributed by atoms with Crippen molar-refractivity contribution in [2.45, 2.75) is 19.6 Å². The maximum atomic E-state index is 13.3. The van der Waals surface area contributed by atoms with Crippen molar-refractivity contribution in [1.29, 1.82) is 0 Å². The van der Waals surface area contributed by atoms with Crippen molar-refractivity contribution in [2.24, 2.45) is 0 Å². The van der Waals surface area contributed by atoms with Gasteiger partial charge in [0.05, 0.1) is 12.2 Å².